The Morgan fingerprint density at radius 3 is 1.78 bits per heavy atom. The Bertz CT molecular complexity index is 465. The summed E-state index contributed by atoms with van der Waals surface area (Å²) in [6.45, 7) is 6.53. The normalized spacial score (nSPS) is 14.2. The largest absolute Gasteiger partial charge is 0.332 e. The van der Waals surface area contributed by atoms with Gasteiger partial charge >= 0.3 is 0 Å². The maximum absolute atomic E-state index is 2.41. The molecule has 0 fully saturated rings. The lowest BCUT2D eigenvalue weighted by Crippen LogP contribution is -3.02. The van der Waals surface area contributed by atoms with E-state index in [2.05, 4.69) is 67.3 Å². The zero-order chi connectivity index (χ0) is 12.5. The van der Waals surface area contributed by atoms with E-state index in [1.165, 1.54) is 27.6 Å². The van der Waals surface area contributed by atoms with Gasteiger partial charge in [0.05, 0.1) is 6.54 Å². The highest BCUT2D eigenvalue weighted by molar-refractivity contribution is 5.81. The third kappa shape index (κ3) is 1.53. The lowest BCUT2D eigenvalue weighted by molar-refractivity contribution is -0.757. The molecular formula is C16H19N2+. The number of anilines is 2. The van der Waals surface area contributed by atoms with Crippen molar-refractivity contribution in [1.29, 1.82) is 0 Å². The molecule has 2 nitrogen and oxygen atoms in total. The van der Waals surface area contributed by atoms with E-state index < -0.39 is 0 Å². The Hall–Kier alpha value is -1.80. The molecule has 3 rings (SSSR count). The van der Waals surface area contributed by atoms with E-state index in [0.29, 0.717) is 0 Å². The maximum Gasteiger partial charge on any atom is 0.160 e. The van der Waals surface area contributed by atoms with Gasteiger partial charge in [0, 0.05) is 18.7 Å². The van der Waals surface area contributed by atoms with Crippen molar-refractivity contribution >= 4 is 22.7 Å². The second-order valence-electron chi connectivity index (χ2n) is 4.61. The molecule has 2 aromatic carbocycles. The van der Waals surface area contributed by atoms with Crippen molar-refractivity contribution < 1.29 is 4.90 Å². The van der Waals surface area contributed by atoms with Gasteiger partial charge in [0.15, 0.2) is 11.4 Å². The number of hydrogen-bond donors (Lipinski definition) is 1. The highest BCUT2D eigenvalue weighted by Crippen LogP contribution is 2.38. The van der Waals surface area contributed by atoms with Crippen LogP contribution in [0.1, 0.15) is 13.8 Å². The van der Waals surface area contributed by atoms with Gasteiger partial charge in [-0.1, -0.05) is 24.3 Å². The molecule has 1 N–H and O–H groups in total. The van der Waals surface area contributed by atoms with E-state index in [0.717, 1.165) is 13.1 Å². The van der Waals surface area contributed by atoms with Gasteiger partial charge in [0.25, 0.3) is 0 Å². The Labute approximate surface area is 108 Å². The minimum atomic E-state index is 1.00. The number of nitrogens with zero attached hydrogens (tertiary/aromatic N) is 1. The summed E-state index contributed by atoms with van der Waals surface area (Å²) in [4.78, 5) is 3.87. The fraction of sp³-hybridized carbons (Fsp3) is 0.250. The first-order valence-electron chi connectivity index (χ1n) is 6.69. The molecule has 0 unspecified atom stereocenters. The van der Waals surface area contributed by atoms with Crippen molar-refractivity contribution in [3.63, 3.8) is 0 Å². The molecule has 0 bridgehead atoms. The predicted octanol–water partition coefficient (Wildman–Crippen LogP) is 3.03. The van der Waals surface area contributed by atoms with Crippen LogP contribution in [0.5, 0.6) is 0 Å². The summed E-state index contributed by atoms with van der Waals surface area (Å²) in [5.74, 6) is 0. The molecule has 0 amide bonds. The van der Waals surface area contributed by atoms with Crippen molar-refractivity contribution in [2.75, 3.05) is 18.0 Å². The summed E-state index contributed by atoms with van der Waals surface area (Å²) in [5.41, 5.74) is 5.47. The number of nitrogens with one attached hydrogen (secondary N) is 1. The molecular weight excluding hydrogens is 220 g/mol. The van der Waals surface area contributed by atoms with E-state index >= 15 is 0 Å². The van der Waals surface area contributed by atoms with E-state index in [4.69, 9.17) is 0 Å². The number of quaternary nitrogens is 1. The summed E-state index contributed by atoms with van der Waals surface area (Å²) in [5, 5.41) is 0. The second-order valence-corrected chi connectivity index (χ2v) is 4.61. The predicted molar refractivity (Wildman–Crippen MR) is 76.4 cm³/mol. The molecule has 1 aliphatic rings. The molecule has 0 aromatic heterocycles. The van der Waals surface area contributed by atoms with Gasteiger partial charge < -0.3 is 4.90 Å². The number of para-hydroxylation sites is 4. The molecule has 0 aliphatic carbocycles. The van der Waals surface area contributed by atoms with Gasteiger partial charge in [0.1, 0.15) is 11.4 Å². The van der Waals surface area contributed by atoms with E-state index in [9.17, 15) is 0 Å². The van der Waals surface area contributed by atoms with Crippen LogP contribution in [0.2, 0.25) is 0 Å². The summed E-state index contributed by atoms with van der Waals surface area (Å²) in [6, 6.07) is 17.5. The van der Waals surface area contributed by atoms with E-state index in [-0.39, 0.29) is 0 Å². The smallest absolute Gasteiger partial charge is 0.160 e. The van der Waals surface area contributed by atoms with Crippen LogP contribution in [0.25, 0.3) is 0 Å². The van der Waals surface area contributed by atoms with Gasteiger partial charge in [-0.25, -0.2) is 0 Å². The van der Waals surface area contributed by atoms with Crippen LogP contribution in [0.15, 0.2) is 48.5 Å². The molecule has 0 spiro atoms. The van der Waals surface area contributed by atoms with Crippen LogP contribution in [0.3, 0.4) is 0 Å². The van der Waals surface area contributed by atoms with Crippen LogP contribution in [0.4, 0.5) is 22.7 Å². The maximum atomic E-state index is 2.41. The van der Waals surface area contributed by atoms with Gasteiger partial charge in [0.2, 0.25) is 0 Å². The van der Waals surface area contributed by atoms with Gasteiger partial charge in [-0.2, -0.15) is 0 Å². The first-order chi connectivity index (χ1) is 8.86. The summed E-state index contributed by atoms with van der Waals surface area (Å²) in [6.07, 6.45) is 0. The van der Waals surface area contributed by atoms with Crippen molar-refractivity contribution in [2.45, 2.75) is 13.8 Å². The molecule has 0 saturated carbocycles. The lowest BCUT2D eigenvalue weighted by atomic mass is 10.1. The standard InChI is InChI=1S/C16H18N2/c1-3-17-13-9-5-7-11-15(13)18(4-2)16-12-8-6-10-14(16)17/h5-12H,3-4H2,1-2H3/p+1. The minimum absolute atomic E-state index is 1.00. The fourth-order valence-electron chi connectivity index (χ4n) is 2.92. The highest BCUT2D eigenvalue weighted by Gasteiger charge is 2.30. The van der Waals surface area contributed by atoms with Crippen LogP contribution >= 0.6 is 0 Å². The summed E-state index contributed by atoms with van der Waals surface area (Å²) >= 11 is 0. The molecule has 1 heterocycles. The van der Waals surface area contributed by atoms with Crippen molar-refractivity contribution in [2.24, 2.45) is 0 Å². The minimum Gasteiger partial charge on any atom is -0.332 e. The molecule has 2 heteroatoms. The first kappa shape index (κ1) is 11.3. The molecule has 0 saturated heterocycles. The van der Waals surface area contributed by atoms with Crippen LogP contribution < -0.4 is 9.80 Å². The highest BCUT2D eigenvalue weighted by atomic mass is 15.3. The average molecular weight is 239 g/mol. The molecule has 1 aliphatic heterocycles. The third-order valence-corrected chi connectivity index (χ3v) is 3.71. The van der Waals surface area contributed by atoms with Gasteiger partial charge in [-0.05, 0) is 26.0 Å². The van der Waals surface area contributed by atoms with Crippen molar-refractivity contribution in [3.05, 3.63) is 48.5 Å². The van der Waals surface area contributed by atoms with E-state index in [1.54, 1.807) is 0 Å². The summed E-state index contributed by atoms with van der Waals surface area (Å²) < 4.78 is 0. The molecule has 18 heavy (non-hydrogen) atoms. The lowest BCUT2D eigenvalue weighted by Gasteiger charge is -2.34. The van der Waals surface area contributed by atoms with Gasteiger partial charge in [-0.15, -0.1) is 0 Å². The third-order valence-electron chi connectivity index (χ3n) is 3.71. The topological polar surface area (TPSA) is 7.68 Å². The Kier molecular flexibility index (Phi) is 2.80. The zero-order valence-corrected chi connectivity index (χ0v) is 11.0. The second kappa shape index (κ2) is 4.46. The van der Waals surface area contributed by atoms with Crippen LogP contribution in [0, 0.1) is 0 Å². The summed E-state index contributed by atoms with van der Waals surface area (Å²) in [7, 11) is 0. The quantitative estimate of drug-likeness (QED) is 0.846. The van der Waals surface area contributed by atoms with Crippen LogP contribution in [-0.2, 0) is 0 Å². The Morgan fingerprint density at radius 1 is 0.833 bits per heavy atom. The Morgan fingerprint density at radius 2 is 1.33 bits per heavy atom. The molecule has 0 radical (unpaired) electrons. The number of benzene rings is 2. The first-order valence-corrected chi connectivity index (χ1v) is 6.69. The molecule has 92 valence electrons. The van der Waals surface area contributed by atoms with Crippen molar-refractivity contribution in [1.82, 2.24) is 0 Å². The van der Waals surface area contributed by atoms with Crippen LogP contribution in [-0.4, -0.2) is 13.1 Å². The SMILES string of the molecule is CCN1c2ccccc2[NH+](CC)c2ccccc21. The van der Waals surface area contributed by atoms with E-state index in [1.807, 2.05) is 0 Å². The monoisotopic (exact) mass is 239 g/mol. The molecule has 0 atom stereocenters. The average Bonchev–Trinajstić information content (AvgIpc) is 2.44. The Balaban J connectivity index is 2.25. The van der Waals surface area contributed by atoms with Crippen molar-refractivity contribution in [3.8, 4) is 0 Å². The number of hydrogen-bond acceptors (Lipinski definition) is 1. The number of rotatable bonds is 2. The fourth-order valence-corrected chi connectivity index (χ4v) is 2.92. The van der Waals surface area contributed by atoms with Gasteiger partial charge in [-0.3, -0.25) is 4.90 Å². The molecule has 2 aromatic rings. The number of fused-ring (bicyclic) bond motifs is 2. The zero-order valence-electron chi connectivity index (χ0n) is 11.0.